The molecule has 0 fully saturated rings. The van der Waals surface area contributed by atoms with Gasteiger partial charge >= 0.3 is 0 Å². The van der Waals surface area contributed by atoms with E-state index in [1.165, 1.54) is 0 Å². The van der Waals surface area contributed by atoms with E-state index in [9.17, 15) is 13.6 Å². The number of carbonyl (C=O) groups excluding carboxylic acids is 1. The summed E-state index contributed by atoms with van der Waals surface area (Å²) < 4.78 is 29.0. The van der Waals surface area contributed by atoms with Crippen LogP contribution in [0.2, 0.25) is 0 Å². The minimum Gasteiger partial charge on any atom is -0.488 e. The van der Waals surface area contributed by atoms with Crippen molar-refractivity contribution in [2.75, 3.05) is 6.61 Å². The SMILES string of the molecule is Cc1cc(C(N)=O)ccn1.Cc1cc(OCC(F)F)ccc1CNC(C)(C)C. The molecule has 0 bridgehead atoms. The van der Waals surface area contributed by atoms with Crippen LogP contribution in [-0.2, 0) is 6.54 Å². The van der Waals surface area contributed by atoms with Gasteiger partial charge in [-0.3, -0.25) is 9.78 Å². The number of nitrogens with zero attached hydrogens (tertiary/aromatic N) is 1. The molecule has 1 aromatic heterocycles. The van der Waals surface area contributed by atoms with Crippen molar-refractivity contribution >= 4 is 5.91 Å². The number of nitrogens with one attached hydrogen (secondary N) is 1. The van der Waals surface area contributed by atoms with Gasteiger partial charge in [0.25, 0.3) is 6.43 Å². The lowest BCUT2D eigenvalue weighted by Crippen LogP contribution is -2.35. The molecule has 28 heavy (non-hydrogen) atoms. The summed E-state index contributed by atoms with van der Waals surface area (Å²) in [7, 11) is 0. The molecule has 0 spiro atoms. The minimum atomic E-state index is -2.44. The molecule has 1 amide bonds. The van der Waals surface area contributed by atoms with Crippen LogP contribution >= 0.6 is 0 Å². The van der Waals surface area contributed by atoms with E-state index in [0.717, 1.165) is 23.4 Å². The molecular formula is C21H29F2N3O2. The maximum Gasteiger partial charge on any atom is 0.272 e. The van der Waals surface area contributed by atoms with Crippen LogP contribution in [0.3, 0.4) is 0 Å². The van der Waals surface area contributed by atoms with E-state index >= 15 is 0 Å². The Bertz CT molecular complexity index is 774. The third-order valence-electron chi connectivity index (χ3n) is 3.68. The number of aromatic nitrogens is 1. The minimum absolute atomic E-state index is 0.0529. The molecule has 154 valence electrons. The zero-order valence-corrected chi connectivity index (χ0v) is 17.1. The number of halogens is 2. The molecule has 7 heteroatoms. The summed E-state index contributed by atoms with van der Waals surface area (Å²) in [5.74, 6) is 0.0813. The summed E-state index contributed by atoms with van der Waals surface area (Å²) >= 11 is 0. The van der Waals surface area contributed by atoms with Crippen molar-refractivity contribution < 1.29 is 18.3 Å². The van der Waals surface area contributed by atoms with E-state index in [4.69, 9.17) is 10.5 Å². The number of alkyl halides is 2. The molecule has 0 saturated carbocycles. The van der Waals surface area contributed by atoms with E-state index < -0.39 is 18.9 Å². The fourth-order valence-electron chi connectivity index (χ4n) is 2.17. The molecule has 0 aliphatic rings. The Labute approximate surface area is 165 Å². The van der Waals surface area contributed by atoms with Gasteiger partial charge in [0.05, 0.1) is 0 Å². The van der Waals surface area contributed by atoms with Gasteiger partial charge in [-0.2, -0.15) is 0 Å². The highest BCUT2D eigenvalue weighted by Crippen LogP contribution is 2.18. The second-order valence-corrected chi connectivity index (χ2v) is 7.44. The van der Waals surface area contributed by atoms with Crippen molar-refractivity contribution in [3.63, 3.8) is 0 Å². The number of rotatable bonds is 6. The first-order valence-corrected chi connectivity index (χ1v) is 8.96. The summed E-state index contributed by atoms with van der Waals surface area (Å²) in [4.78, 5) is 14.5. The van der Waals surface area contributed by atoms with Gasteiger partial charge < -0.3 is 15.8 Å². The molecule has 0 saturated heterocycles. The summed E-state index contributed by atoms with van der Waals surface area (Å²) in [6, 6.07) is 8.68. The fraction of sp³-hybridized carbons (Fsp3) is 0.429. The van der Waals surface area contributed by atoms with Gasteiger partial charge in [0.15, 0.2) is 0 Å². The second kappa shape index (κ2) is 10.7. The van der Waals surface area contributed by atoms with Gasteiger partial charge in [-0.15, -0.1) is 0 Å². The average molecular weight is 393 g/mol. The lowest BCUT2D eigenvalue weighted by molar-refractivity contribution is 0.0818. The quantitative estimate of drug-likeness (QED) is 0.777. The first-order chi connectivity index (χ1) is 13.0. The molecule has 0 aliphatic carbocycles. The maximum absolute atomic E-state index is 12.0. The highest BCUT2D eigenvalue weighted by atomic mass is 19.3. The van der Waals surface area contributed by atoms with Gasteiger partial charge in [-0.1, -0.05) is 6.07 Å². The topological polar surface area (TPSA) is 77.2 Å². The first-order valence-electron chi connectivity index (χ1n) is 8.96. The third kappa shape index (κ3) is 9.41. The predicted molar refractivity (Wildman–Crippen MR) is 107 cm³/mol. The van der Waals surface area contributed by atoms with Crippen LogP contribution in [0, 0.1) is 13.8 Å². The number of hydrogen-bond acceptors (Lipinski definition) is 4. The number of carbonyl (C=O) groups is 1. The molecular weight excluding hydrogens is 364 g/mol. The number of ether oxygens (including phenoxy) is 1. The van der Waals surface area contributed by atoms with Gasteiger partial charge in [0, 0.05) is 29.5 Å². The van der Waals surface area contributed by atoms with Gasteiger partial charge in [0.2, 0.25) is 5.91 Å². The average Bonchev–Trinajstić information content (AvgIpc) is 2.59. The summed E-state index contributed by atoms with van der Waals surface area (Å²) in [6.07, 6.45) is -0.873. The highest BCUT2D eigenvalue weighted by molar-refractivity contribution is 5.92. The standard InChI is InChI=1S/C14H21F2NO.C7H8N2O/c1-10-7-12(18-9-13(15)16)6-5-11(10)8-17-14(2,3)4;1-5-4-6(7(8)10)2-3-9-5/h5-7,13,17H,8-9H2,1-4H3;2-4H,1H3,(H2,8,10). The zero-order valence-electron chi connectivity index (χ0n) is 17.1. The van der Waals surface area contributed by atoms with E-state index in [2.05, 4.69) is 31.1 Å². The van der Waals surface area contributed by atoms with E-state index in [0.29, 0.717) is 11.3 Å². The molecule has 0 aliphatic heterocycles. The first kappa shape index (κ1) is 23.5. The molecule has 0 atom stereocenters. The van der Waals surface area contributed by atoms with Crippen molar-refractivity contribution in [3.05, 3.63) is 58.9 Å². The lowest BCUT2D eigenvalue weighted by Gasteiger charge is -2.21. The van der Waals surface area contributed by atoms with Crippen molar-refractivity contribution in [2.45, 2.75) is 53.1 Å². The van der Waals surface area contributed by atoms with Crippen LogP contribution in [0.5, 0.6) is 5.75 Å². The van der Waals surface area contributed by atoms with E-state index in [-0.39, 0.29) is 5.54 Å². The van der Waals surface area contributed by atoms with E-state index in [1.807, 2.05) is 19.9 Å². The smallest absolute Gasteiger partial charge is 0.272 e. The Kier molecular flexibility index (Phi) is 8.99. The number of pyridine rings is 1. The largest absolute Gasteiger partial charge is 0.488 e. The predicted octanol–water partition coefficient (Wildman–Crippen LogP) is 4.02. The molecule has 2 aromatic rings. The monoisotopic (exact) mass is 393 g/mol. The Balaban J connectivity index is 0.000000330. The third-order valence-corrected chi connectivity index (χ3v) is 3.68. The van der Waals surface area contributed by atoms with E-state index in [1.54, 1.807) is 30.5 Å². The maximum atomic E-state index is 12.0. The normalized spacial score (nSPS) is 11.0. The number of nitrogens with two attached hydrogens (primary N) is 1. The molecule has 0 radical (unpaired) electrons. The van der Waals surface area contributed by atoms with Crippen molar-refractivity contribution in [1.29, 1.82) is 0 Å². The Hall–Kier alpha value is -2.54. The highest BCUT2D eigenvalue weighted by Gasteiger charge is 2.10. The Morgan fingerprint density at radius 2 is 1.89 bits per heavy atom. The number of aryl methyl sites for hydroxylation is 2. The second-order valence-electron chi connectivity index (χ2n) is 7.44. The number of benzene rings is 1. The number of amides is 1. The van der Waals surface area contributed by atoms with Crippen LogP contribution in [0.1, 0.15) is 48.0 Å². The lowest BCUT2D eigenvalue weighted by atomic mass is 10.1. The summed E-state index contributed by atoms with van der Waals surface area (Å²) in [5.41, 5.74) is 8.57. The number of primary amides is 1. The van der Waals surface area contributed by atoms with Crippen LogP contribution < -0.4 is 15.8 Å². The van der Waals surface area contributed by atoms with Crippen LogP contribution in [0.15, 0.2) is 36.5 Å². The Morgan fingerprint density at radius 3 is 2.36 bits per heavy atom. The molecule has 5 nitrogen and oxygen atoms in total. The fourth-order valence-corrected chi connectivity index (χ4v) is 2.17. The van der Waals surface area contributed by atoms with Gasteiger partial charge in [-0.05, 0) is 70.0 Å². The van der Waals surface area contributed by atoms with Crippen molar-refractivity contribution in [2.24, 2.45) is 5.73 Å². The molecule has 0 unspecified atom stereocenters. The Morgan fingerprint density at radius 1 is 1.21 bits per heavy atom. The number of hydrogen-bond donors (Lipinski definition) is 2. The summed E-state index contributed by atoms with van der Waals surface area (Å²) in [6.45, 7) is 10.3. The molecule has 3 N–H and O–H groups in total. The summed E-state index contributed by atoms with van der Waals surface area (Å²) in [5, 5.41) is 3.39. The van der Waals surface area contributed by atoms with Crippen LogP contribution in [0.25, 0.3) is 0 Å². The molecule has 2 rings (SSSR count). The van der Waals surface area contributed by atoms with Crippen LogP contribution in [0.4, 0.5) is 8.78 Å². The molecule has 1 heterocycles. The van der Waals surface area contributed by atoms with Crippen molar-refractivity contribution in [3.8, 4) is 5.75 Å². The van der Waals surface area contributed by atoms with Gasteiger partial charge in [0.1, 0.15) is 12.4 Å². The van der Waals surface area contributed by atoms with Crippen molar-refractivity contribution in [1.82, 2.24) is 10.3 Å². The van der Waals surface area contributed by atoms with Crippen LogP contribution in [-0.4, -0.2) is 29.5 Å². The van der Waals surface area contributed by atoms with Gasteiger partial charge in [-0.25, -0.2) is 8.78 Å². The molecule has 1 aromatic carbocycles. The zero-order chi connectivity index (χ0) is 21.3.